The normalized spacial score (nSPS) is 24.8. The molecule has 0 spiro atoms. The second-order valence-corrected chi connectivity index (χ2v) is 5.27. The number of hydrogen-bond donors (Lipinski definition) is 1. The monoisotopic (exact) mass is 172 g/mol. The van der Waals surface area contributed by atoms with Gasteiger partial charge in [0.25, 0.3) is 0 Å². The average Bonchev–Trinajstić information content (AvgIpc) is 2.16. The van der Waals surface area contributed by atoms with Crippen molar-refractivity contribution in [1.82, 2.24) is 0 Å². The fourth-order valence-electron chi connectivity index (χ4n) is 1.90. The van der Waals surface area contributed by atoms with Crippen LogP contribution in [0.25, 0.3) is 0 Å². The van der Waals surface area contributed by atoms with E-state index in [1.165, 1.54) is 51.4 Å². The summed E-state index contributed by atoms with van der Waals surface area (Å²) in [6, 6.07) is 0. The van der Waals surface area contributed by atoms with Crippen LogP contribution in [0.1, 0.15) is 51.4 Å². The summed E-state index contributed by atoms with van der Waals surface area (Å²) in [6.07, 6.45) is 11.1. The van der Waals surface area contributed by atoms with Crippen molar-refractivity contribution in [2.24, 2.45) is 0 Å². The molecule has 1 N–H and O–H groups in total. The lowest BCUT2D eigenvalue weighted by atomic mass is 10.1. The lowest BCUT2D eigenvalue weighted by Gasteiger charge is -2.10. The van der Waals surface area contributed by atoms with Gasteiger partial charge < -0.3 is 4.80 Å². The maximum Gasteiger partial charge on any atom is 0.159 e. The molecule has 0 aromatic heterocycles. The van der Waals surface area contributed by atoms with Crippen molar-refractivity contribution in [1.29, 1.82) is 0 Å². The summed E-state index contributed by atoms with van der Waals surface area (Å²) in [7, 11) is -0.685. The average molecular weight is 172 g/mol. The predicted molar refractivity (Wildman–Crippen MR) is 51.4 cm³/mol. The first kappa shape index (κ1) is 9.27. The lowest BCUT2D eigenvalue weighted by Crippen LogP contribution is -2.02. The highest BCUT2D eigenvalue weighted by Gasteiger charge is 2.09. The zero-order valence-electron chi connectivity index (χ0n) is 7.39. The van der Waals surface area contributed by atoms with Gasteiger partial charge in [-0.25, -0.2) is 0 Å². The van der Waals surface area contributed by atoms with E-state index in [0.29, 0.717) is 0 Å². The molecule has 0 saturated heterocycles. The molecule has 11 heavy (non-hydrogen) atoms. The quantitative estimate of drug-likeness (QED) is 0.600. The van der Waals surface area contributed by atoms with Gasteiger partial charge in [-0.15, -0.1) is 0 Å². The van der Waals surface area contributed by atoms with Crippen LogP contribution in [-0.4, -0.2) is 14.6 Å². The molecular formula is C9H20OSi. The van der Waals surface area contributed by atoms with Crippen LogP contribution >= 0.6 is 0 Å². The molecule has 0 unspecified atom stereocenters. The molecule has 0 aromatic carbocycles. The van der Waals surface area contributed by atoms with Gasteiger partial charge in [-0.05, 0) is 5.54 Å². The van der Waals surface area contributed by atoms with E-state index in [-0.39, 0.29) is 0 Å². The van der Waals surface area contributed by atoms with Crippen molar-refractivity contribution in [3.63, 3.8) is 0 Å². The second-order valence-electron chi connectivity index (χ2n) is 3.75. The highest BCUT2D eigenvalue weighted by atomic mass is 28.2. The van der Waals surface area contributed by atoms with Crippen LogP contribution in [0.2, 0.25) is 5.54 Å². The molecule has 0 aliphatic heterocycles. The Kier molecular flexibility index (Phi) is 4.87. The van der Waals surface area contributed by atoms with Crippen molar-refractivity contribution < 1.29 is 4.80 Å². The van der Waals surface area contributed by atoms with Gasteiger partial charge >= 0.3 is 0 Å². The van der Waals surface area contributed by atoms with Crippen LogP contribution in [0.15, 0.2) is 0 Å². The minimum atomic E-state index is -0.685. The smallest absolute Gasteiger partial charge is 0.159 e. The molecule has 1 nitrogen and oxygen atoms in total. The van der Waals surface area contributed by atoms with Crippen molar-refractivity contribution in [2.75, 3.05) is 0 Å². The molecule has 1 fully saturated rings. The van der Waals surface area contributed by atoms with Gasteiger partial charge in [0.2, 0.25) is 0 Å². The summed E-state index contributed by atoms with van der Waals surface area (Å²) in [4.78, 5) is 9.14. The molecule has 0 bridgehead atoms. The Bertz CT molecular complexity index is 85.6. The molecule has 0 radical (unpaired) electrons. The minimum absolute atomic E-state index is 0.685. The zero-order valence-corrected chi connectivity index (χ0v) is 8.80. The van der Waals surface area contributed by atoms with Gasteiger partial charge in [-0.2, -0.15) is 0 Å². The largest absolute Gasteiger partial charge is 0.438 e. The van der Waals surface area contributed by atoms with E-state index in [1.807, 2.05) is 0 Å². The molecule has 0 heterocycles. The highest BCUT2D eigenvalue weighted by molar-refractivity contribution is 6.27. The molecule has 1 rings (SSSR count). The van der Waals surface area contributed by atoms with Crippen LogP contribution in [-0.2, 0) is 0 Å². The van der Waals surface area contributed by atoms with Crippen molar-refractivity contribution >= 4 is 9.76 Å². The molecule has 0 amide bonds. The number of rotatable bonds is 1. The molecular weight excluding hydrogens is 152 g/mol. The summed E-state index contributed by atoms with van der Waals surface area (Å²) >= 11 is 0. The van der Waals surface area contributed by atoms with Gasteiger partial charge in [-0.3, -0.25) is 0 Å². The first-order valence-electron chi connectivity index (χ1n) is 5.04. The summed E-state index contributed by atoms with van der Waals surface area (Å²) < 4.78 is 0. The Hall–Kier alpha value is 0.177. The fraction of sp³-hybridized carbons (Fsp3) is 1.00. The van der Waals surface area contributed by atoms with Gasteiger partial charge in [0, 0.05) is 0 Å². The van der Waals surface area contributed by atoms with Gasteiger partial charge in [0.1, 0.15) is 0 Å². The maximum atomic E-state index is 9.14. The predicted octanol–water partition coefficient (Wildman–Crippen LogP) is 1.99. The fourth-order valence-corrected chi connectivity index (χ4v) is 2.84. The third kappa shape index (κ3) is 3.92. The van der Waals surface area contributed by atoms with E-state index in [0.717, 1.165) is 5.54 Å². The van der Waals surface area contributed by atoms with E-state index in [4.69, 9.17) is 4.80 Å². The Morgan fingerprint density at radius 1 is 0.818 bits per heavy atom. The SMILES string of the molecule is O[SiH2]C1CCCCCCCC1. The maximum absolute atomic E-state index is 9.14. The van der Waals surface area contributed by atoms with Crippen LogP contribution < -0.4 is 0 Å². The van der Waals surface area contributed by atoms with Crippen molar-refractivity contribution in [3.05, 3.63) is 0 Å². The van der Waals surface area contributed by atoms with Gasteiger partial charge in [0.05, 0.1) is 0 Å². The topological polar surface area (TPSA) is 20.2 Å². The Labute approximate surface area is 72.1 Å². The molecule has 0 atom stereocenters. The first-order valence-corrected chi connectivity index (χ1v) is 6.49. The van der Waals surface area contributed by atoms with E-state index >= 15 is 0 Å². The third-order valence-electron chi connectivity index (χ3n) is 2.73. The lowest BCUT2D eigenvalue weighted by molar-refractivity contribution is 0.530. The van der Waals surface area contributed by atoms with E-state index in [1.54, 1.807) is 0 Å². The second kappa shape index (κ2) is 5.78. The third-order valence-corrected chi connectivity index (χ3v) is 4.07. The van der Waals surface area contributed by atoms with Gasteiger partial charge in [0.15, 0.2) is 9.76 Å². The first-order chi connectivity index (χ1) is 5.43. The van der Waals surface area contributed by atoms with E-state index in [2.05, 4.69) is 0 Å². The number of hydrogen-bond acceptors (Lipinski definition) is 1. The Morgan fingerprint density at radius 3 is 1.73 bits per heavy atom. The summed E-state index contributed by atoms with van der Waals surface area (Å²) in [5.74, 6) is 0. The summed E-state index contributed by atoms with van der Waals surface area (Å²) in [5, 5.41) is 0. The molecule has 1 aliphatic carbocycles. The summed E-state index contributed by atoms with van der Waals surface area (Å²) in [6.45, 7) is 0. The molecule has 1 saturated carbocycles. The molecule has 1 aliphatic rings. The molecule has 66 valence electrons. The van der Waals surface area contributed by atoms with Gasteiger partial charge in [-0.1, -0.05) is 51.4 Å². The summed E-state index contributed by atoms with van der Waals surface area (Å²) in [5.41, 5.74) is 0.757. The molecule has 2 heteroatoms. The Balaban J connectivity index is 2.19. The molecule has 0 aromatic rings. The van der Waals surface area contributed by atoms with Crippen LogP contribution in [0, 0.1) is 0 Å². The van der Waals surface area contributed by atoms with Crippen LogP contribution in [0.4, 0.5) is 0 Å². The van der Waals surface area contributed by atoms with Crippen molar-refractivity contribution in [3.8, 4) is 0 Å². The Morgan fingerprint density at radius 2 is 1.27 bits per heavy atom. The van der Waals surface area contributed by atoms with E-state index in [9.17, 15) is 0 Å². The van der Waals surface area contributed by atoms with E-state index < -0.39 is 9.76 Å². The minimum Gasteiger partial charge on any atom is -0.438 e. The van der Waals surface area contributed by atoms with Crippen LogP contribution in [0.3, 0.4) is 0 Å². The zero-order chi connectivity index (χ0) is 7.94. The highest BCUT2D eigenvalue weighted by Crippen LogP contribution is 2.24. The van der Waals surface area contributed by atoms with Crippen LogP contribution in [0.5, 0.6) is 0 Å². The standard InChI is InChI=1S/C9H20OSi/c10-11-9-7-5-3-1-2-4-6-8-9/h9-10H,1-8,11H2. The van der Waals surface area contributed by atoms with Crippen molar-refractivity contribution in [2.45, 2.75) is 56.9 Å².